The number of anilines is 2. The number of nitrogens with zero attached hydrogens (tertiary/aromatic N) is 5. The van der Waals surface area contributed by atoms with Crippen LogP contribution in [0.4, 0.5) is 16.6 Å². The van der Waals surface area contributed by atoms with E-state index >= 15 is 0 Å². The molecule has 192 valence electrons. The Morgan fingerprint density at radius 1 is 1.17 bits per heavy atom. The van der Waals surface area contributed by atoms with Gasteiger partial charge in [0.2, 0.25) is 11.9 Å². The van der Waals surface area contributed by atoms with Crippen LogP contribution in [0.15, 0.2) is 28.8 Å². The Balaban J connectivity index is 1.23. The molecule has 5 aliphatic rings. The van der Waals surface area contributed by atoms with E-state index in [1.165, 1.54) is 0 Å². The molecule has 10 nitrogen and oxygen atoms in total. The standard InChI is InChI=1S/C25H33N7O3S/c1-30-15-16(7-8-20(30)33)26-22-21-18(9-14-36(21)35)27-23(28-22)32-12-10-25(11-13-32)17-5-3-4-6-19(17)31(2)24(34)29-25/h3-4,6,16-17H,5,7-15H2,1-2H3,(H,29,34)(H,26,27,28)/t16-,17?,36?/m0/s1. The fourth-order valence-corrected chi connectivity index (χ4v) is 7.61. The van der Waals surface area contributed by atoms with Gasteiger partial charge in [0.1, 0.15) is 10.7 Å². The van der Waals surface area contributed by atoms with Gasteiger partial charge in [-0.3, -0.25) is 9.00 Å². The smallest absolute Gasteiger partial charge is 0.321 e. The van der Waals surface area contributed by atoms with Crippen LogP contribution in [0, 0.1) is 5.92 Å². The lowest BCUT2D eigenvalue weighted by Crippen LogP contribution is -2.66. The van der Waals surface area contributed by atoms with Crippen LogP contribution in [0.3, 0.4) is 0 Å². The van der Waals surface area contributed by atoms with Gasteiger partial charge in [0.05, 0.1) is 22.0 Å². The molecule has 3 saturated heterocycles. The molecule has 0 saturated carbocycles. The lowest BCUT2D eigenvalue weighted by molar-refractivity contribution is -0.132. The molecule has 11 heteroatoms. The van der Waals surface area contributed by atoms with Crippen molar-refractivity contribution < 1.29 is 13.8 Å². The number of aromatic nitrogens is 2. The largest absolute Gasteiger partial charge is 0.364 e. The Hall–Kier alpha value is -2.95. The number of hydrogen-bond donors (Lipinski definition) is 2. The first-order chi connectivity index (χ1) is 17.3. The molecule has 36 heavy (non-hydrogen) atoms. The number of fused-ring (bicyclic) bond motifs is 3. The molecule has 1 aromatic heterocycles. The van der Waals surface area contributed by atoms with E-state index in [0.29, 0.717) is 36.9 Å². The summed E-state index contributed by atoms with van der Waals surface area (Å²) in [4.78, 5) is 40.8. The number of aryl methyl sites for hydroxylation is 1. The fraction of sp³-hybridized carbons (Fsp3) is 0.600. The molecular weight excluding hydrogens is 478 g/mol. The van der Waals surface area contributed by atoms with Crippen LogP contribution < -0.4 is 15.5 Å². The first-order valence-corrected chi connectivity index (χ1v) is 14.1. The molecule has 5 heterocycles. The number of carbonyl (C=O) groups is 2. The molecule has 0 bridgehead atoms. The van der Waals surface area contributed by atoms with Gasteiger partial charge in [-0.2, -0.15) is 4.98 Å². The number of hydrogen-bond acceptors (Lipinski definition) is 7. The second kappa shape index (κ2) is 8.86. The topological polar surface area (TPSA) is 111 Å². The molecule has 1 aliphatic carbocycles. The summed E-state index contributed by atoms with van der Waals surface area (Å²) in [6.07, 6.45) is 10.8. The molecule has 2 N–H and O–H groups in total. The summed E-state index contributed by atoms with van der Waals surface area (Å²) in [6.45, 7) is 2.07. The van der Waals surface area contributed by atoms with Crippen LogP contribution in [-0.4, -0.2) is 87.0 Å². The van der Waals surface area contributed by atoms with Gasteiger partial charge in [-0.25, -0.2) is 9.78 Å². The predicted octanol–water partition coefficient (Wildman–Crippen LogP) is 1.63. The minimum absolute atomic E-state index is 0.0417. The number of rotatable bonds is 3. The van der Waals surface area contributed by atoms with Gasteiger partial charge >= 0.3 is 6.03 Å². The van der Waals surface area contributed by atoms with Crippen molar-refractivity contribution in [2.24, 2.45) is 5.92 Å². The Morgan fingerprint density at radius 3 is 2.75 bits per heavy atom. The van der Waals surface area contributed by atoms with Crippen molar-refractivity contribution >= 4 is 34.5 Å². The molecule has 1 aromatic rings. The number of piperidine rings is 2. The predicted molar refractivity (Wildman–Crippen MR) is 137 cm³/mol. The van der Waals surface area contributed by atoms with E-state index in [-0.39, 0.29) is 29.4 Å². The molecule has 6 rings (SSSR count). The van der Waals surface area contributed by atoms with Crippen LogP contribution in [0.25, 0.3) is 0 Å². The van der Waals surface area contributed by atoms with Crippen LogP contribution in [0.5, 0.6) is 0 Å². The summed E-state index contributed by atoms with van der Waals surface area (Å²) in [5.41, 5.74) is 1.68. The number of allylic oxidation sites excluding steroid dienone is 3. The average molecular weight is 512 g/mol. The van der Waals surface area contributed by atoms with Crippen molar-refractivity contribution in [1.82, 2.24) is 25.1 Å². The molecule has 3 atom stereocenters. The van der Waals surface area contributed by atoms with E-state index in [2.05, 4.69) is 27.7 Å². The minimum atomic E-state index is -1.12. The Bertz CT molecular complexity index is 1190. The van der Waals surface area contributed by atoms with Gasteiger partial charge in [0.25, 0.3) is 0 Å². The van der Waals surface area contributed by atoms with Crippen LogP contribution >= 0.6 is 0 Å². The van der Waals surface area contributed by atoms with E-state index in [1.807, 2.05) is 20.2 Å². The van der Waals surface area contributed by atoms with Gasteiger partial charge in [-0.05, 0) is 31.8 Å². The molecule has 0 radical (unpaired) electrons. The Kier molecular flexibility index (Phi) is 5.77. The number of urea groups is 1. The lowest BCUT2D eigenvalue weighted by Gasteiger charge is -2.52. The molecular formula is C25H33N7O3S. The van der Waals surface area contributed by atoms with Gasteiger partial charge in [-0.1, -0.05) is 12.2 Å². The summed E-state index contributed by atoms with van der Waals surface area (Å²) in [5.74, 6) is 2.29. The number of carbonyl (C=O) groups excluding carboxylic acids is 2. The van der Waals surface area contributed by atoms with Gasteiger partial charge in [-0.15, -0.1) is 0 Å². The zero-order chi connectivity index (χ0) is 25.0. The van der Waals surface area contributed by atoms with Crippen molar-refractivity contribution in [3.8, 4) is 0 Å². The van der Waals surface area contributed by atoms with Crippen molar-refractivity contribution in [2.45, 2.75) is 55.0 Å². The summed E-state index contributed by atoms with van der Waals surface area (Å²) in [7, 11) is 2.54. The summed E-state index contributed by atoms with van der Waals surface area (Å²) < 4.78 is 12.8. The highest BCUT2D eigenvalue weighted by molar-refractivity contribution is 7.85. The van der Waals surface area contributed by atoms with Gasteiger partial charge < -0.3 is 25.3 Å². The van der Waals surface area contributed by atoms with Crippen LogP contribution in [0.1, 0.15) is 37.8 Å². The van der Waals surface area contributed by atoms with Crippen molar-refractivity contribution in [2.75, 3.05) is 49.7 Å². The monoisotopic (exact) mass is 511 g/mol. The second-order valence-electron chi connectivity index (χ2n) is 10.5. The van der Waals surface area contributed by atoms with Crippen molar-refractivity contribution in [1.29, 1.82) is 0 Å². The maximum Gasteiger partial charge on any atom is 0.321 e. The lowest BCUT2D eigenvalue weighted by atomic mass is 9.70. The number of likely N-dealkylation sites (tertiary alicyclic amines) is 1. The van der Waals surface area contributed by atoms with Gasteiger partial charge in [0, 0.05) is 70.0 Å². The number of amides is 3. The summed E-state index contributed by atoms with van der Waals surface area (Å²) >= 11 is 0. The maximum absolute atomic E-state index is 12.8. The molecule has 4 aliphatic heterocycles. The van der Waals surface area contributed by atoms with E-state index in [0.717, 1.165) is 55.1 Å². The third-order valence-corrected chi connectivity index (χ3v) is 9.89. The van der Waals surface area contributed by atoms with Crippen LogP contribution in [-0.2, 0) is 22.0 Å². The highest BCUT2D eigenvalue weighted by Gasteiger charge is 2.49. The Morgan fingerprint density at radius 2 is 1.97 bits per heavy atom. The maximum atomic E-state index is 12.8. The fourth-order valence-electron chi connectivity index (χ4n) is 6.30. The van der Waals surface area contributed by atoms with E-state index < -0.39 is 10.8 Å². The Labute approximate surface area is 213 Å². The summed E-state index contributed by atoms with van der Waals surface area (Å²) in [5, 5.41) is 6.84. The third-order valence-electron chi connectivity index (χ3n) is 8.43. The van der Waals surface area contributed by atoms with E-state index in [4.69, 9.17) is 9.97 Å². The zero-order valence-corrected chi connectivity index (χ0v) is 21.6. The molecule has 3 fully saturated rings. The summed E-state index contributed by atoms with van der Waals surface area (Å²) in [6, 6.07) is 0.0284. The number of likely N-dealkylation sites (N-methyl/N-ethyl adjacent to an activating group) is 1. The highest BCUT2D eigenvalue weighted by atomic mass is 32.2. The highest BCUT2D eigenvalue weighted by Crippen LogP contribution is 2.43. The van der Waals surface area contributed by atoms with Crippen LogP contribution in [0.2, 0.25) is 0 Å². The average Bonchev–Trinajstić information content (AvgIpc) is 3.26. The first-order valence-electron chi connectivity index (χ1n) is 12.8. The quantitative estimate of drug-likeness (QED) is 0.635. The first kappa shape index (κ1) is 23.4. The third kappa shape index (κ3) is 3.88. The van der Waals surface area contributed by atoms with Crippen molar-refractivity contribution in [3.63, 3.8) is 0 Å². The minimum Gasteiger partial charge on any atom is -0.364 e. The zero-order valence-electron chi connectivity index (χ0n) is 20.8. The second-order valence-corrected chi connectivity index (χ2v) is 12.0. The van der Waals surface area contributed by atoms with E-state index in [1.54, 1.807) is 9.80 Å². The molecule has 1 spiro atoms. The SMILES string of the molecule is CN1C[C@@H](Nc2nc(N3CCC4(CC3)NC(=O)N(C)C3=CC=CCC34)nc3c2S(=O)CC3)CCC1=O. The van der Waals surface area contributed by atoms with Crippen molar-refractivity contribution in [3.05, 3.63) is 29.6 Å². The van der Waals surface area contributed by atoms with E-state index in [9.17, 15) is 13.8 Å². The van der Waals surface area contributed by atoms with Gasteiger partial charge in [0.15, 0.2) is 0 Å². The molecule has 3 amide bonds. The normalized spacial score (nSPS) is 29.1. The molecule has 2 unspecified atom stereocenters. The number of nitrogens with one attached hydrogen (secondary N) is 2. The molecule has 0 aromatic carbocycles.